The highest BCUT2D eigenvalue weighted by atomic mass is 16.6. The van der Waals surface area contributed by atoms with Gasteiger partial charge in [0.05, 0.1) is 21.3 Å². The van der Waals surface area contributed by atoms with Gasteiger partial charge in [-0.05, 0) is 17.7 Å². The van der Waals surface area contributed by atoms with Crippen molar-refractivity contribution in [1.29, 1.82) is 0 Å². The summed E-state index contributed by atoms with van der Waals surface area (Å²) in [4.78, 5) is 23.0. The van der Waals surface area contributed by atoms with Crippen LogP contribution in [-0.4, -0.2) is 39.4 Å². The number of ether oxygens (including phenoxy) is 4. The fourth-order valence-electron chi connectivity index (χ4n) is 2.02. The summed E-state index contributed by atoms with van der Waals surface area (Å²) in [6.45, 7) is 0. The van der Waals surface area contributed by atoms with E-state index in [2.05, 4.69) is 10.1 Å². The number of amides is 1. The quantitative estimate of drug-likeness (QED) is 0.830. The fraction of sp³-hybridized carbons (Fsp3) is 0.385. The third-order valence-electron chi connectivity index (χ3n) is 3.00. The molecule has 1 fully saturated rings. The Hall–Kier alpha value is -2.44. The van der Waals surface area contributed by atoms with Crippen LogP contribution in [0.2, 0.25) is 0 Å². The zero-order chi connectivity index (χ0) is 14.7. The normalized spacial score (nSPS) is 20.9. The zero-order valence-corrected chi connectivity index (χ0v) is 11.3. The molecule has 0 spiro atoms. The molecule has 0 aliphatic carbocycles. The molecule has 2 atom stereocenters. The van der Waals surface area contributed by atoms with Gasteiger partial charge in [-0.15, -0.1) is 0 Å². The van der Waals surface area contributed by atoms with Crippen LogP contribution in [0.15, 0.2) is 18.2 Å². The number of carbonyl (C=O) groups is 2. The van der Waals surface area contributed by atoms with Crippen molar-refractivity contribution in [1.82, 2.24) is 5.32 Å². The van der Waals surface area contributed by atoms with Gasteiger partial charge in [-0.3, -0.25) is 0 Å². The molecule has 0 radical (unpaired) electrons. The molecule has 108 valence electrons. The number of esters is 1. The van der Waals surface area contributed by atoms with Gasteiger partial charge in [-0.2, -0.15) is 0 Å². The van der Waals surface area contributed by atoms with Gasteiger partial charge < -0.3 is 24.3 Å². The highest BCUT2D eigenvalue weighted by Gasteiger charge is 2.41. The van der Waals surface area contributed by atoms with E-state index in [-0.39, 0.29) is 0 Å². The Balaban J connectivity index is 2.34. The molecule has 20 heavy (non-hydrogen) atoms. The van der Waals surface area contributed by atoms with Crippen LogP contribution >= 0.6 is 0 Å². The second kappa shape index (κ2) is 5.68. The molecule has 0 unspecified atom stereocenters. The number of benzene rings is 1. The summed E-state index contributed by atoms with van der Waals surface area (Å²) >= 11 is 0. The Morgan fingerprint density at radius 1 is 1.20 bits per heavy atom. The van der Waals surface area contributed by atoms with Crippen molar-refractivity contribution in [2.75, 3.05) is 21.3 Å². The number of nitrogens with one attached hydrogen (secondary N) is 1. The highest BCUT2D eigenvalue weighted by Crippen LogP contribution is 2.34. The minimum absolute atomic E-state index is 0.483. The molecule has 1 aliphatic heterocycles. The van der Waals surface area contributed by atoms with Gasteiger partial charge >= 0.3 is 12.1 Å². The van der Waals surface area contributed by atoms with Crippen LogP contribution in [0.3, 0.4) is 0 Å². The van der Waals surface area contributed by atoms with Crippen LogP contribution in [0.5, 0.6) is 11.5 Å². The number of hydrogen-bond donors (Lipinski definition) is 1. The maximum Gasteiger partial charge on any atom is 0.408 e. The predicted octanol–water partition coefficient (Wildman–Crippen LogP) is 1.03. The van der Waals surface area contributed by atoms with Crippen LogP contribution in [0, 0.1) is 0 Å². The molecule has 1 saturated heterocycles. The maximum atomic E-state index is 11.6. The first kappa shape index (κ1) is 14.0. The van der Waals surface area contributed by atoms with Gasteiger partial charge in [-0.25, -0.2) is 9.59 Å². The zero-order valence-electron chi connectivity index (χ0n) is 11.3. The van der Waals surface area contributed by atoms with E-state index in [1.807, 2.05) is 0 Å². The van der Waals surface area contributed by atoms with Gasteiger partial charge in [0.15, 0.2) is 23.6 Å². The topological polar surface area (TPSA) is 83.1 Å². The lowest BCUT2D eigenvalue weighted by Gasteiger charge is -2.16. The molecule has 1 heterocycles. The lowest BCUT2D eigenvalue weighted by Crippen LogP contribution is -2.36. The average molecular weight is 281 g/mol. The number of alkyl carbamates (subject to hydrolysis) is 1. The van der Waals surface area contributed by atoms with Gasteiger partial charge in [0.1, 0.15) is 0 Å². The molecule has 7 nitrogen and oxygen atoms in total. The van der Waals surface area contributed by atoms with Crippen molar-refractivity contribution < 1.29 is 28.5 Å². The summed E-state index contributed by atoms with van der Waals surface area (Å²) in [5.74, 6) is 0.454. The number of cyclic esters (lactones) is 1. The third-order valence-corrected chi connectivity index (χ3v) is 3.00. The van der Waals surface area contributed by atoms with Gasteiger partial charge in [0.2, 0.25) is 0 Å². The van der Waals surface area contributed by atoms with Gasteiger partial charge in [0, 0.05) is 0 Å². The van der Waals surface area contributed by atoms with Crippen LogP contribution in [-0.2, 0) is 14.3 Å². The number of methoxy groups -OCH3 is 3. The van der Waals surface area contributed by atoms with E-state index in [4.69, 9.17) is 14.2 Å². The molecule has 1 N–H and O–H groups in total. The Bertz CT molecular complexity index is 530. The van der Waals surface area contributed by atoms with E-state index >= 15 is 0 Å². The maximum absolute atomic E-state index is 11.6. The van der Waals surface area contributed by atoms with Crippen molar-refractivity contribution in [2.45, 2.75) is 12.1 Å². The third kappa shape index (κ3) is 2.47. The minimum atomic E-state index is -0.884. The molecule has 1 aromatic rings. The second-order valence-corrected chi connectivity index (χ2v) is 4.09. The van der Waals surface area contributed by atoms with Gasteiger partial charge in [0.25, 0.3) is 0 Å². The molecule has 2 rings (SSSR count). The van der Waals surface area contributed by atoms with E-state index in [1.54, 1.807) is 18.2 Å². The van der Waals surface area contributed by atoms with E-state index in [0.29, 0.717) is 17.1 Å². The molecule has 1 aliphatic rings. The smallest absolute Gasteiger partial charge is 0.408 e. The molecule has 0 saturated carbocycles. The Kier molecular flexibility index (Phi) is 3.97. The minimum Gasteiger partial charge on any atom is -0.493 e. The largest absolute Gasteiger partial charge is 0.493 e. The molecular formula is C13H15NO6. The second-order valence-electron chi connectivity index (χ2n) is 4.09. The van der Waals surface area contributed by atoms with Crippen molar-refractivity contribution in [3.05, 3.63) is 23.8 Å². The molecule has 1 amide bonds. The van der Waals surface area contributed by atoms with Crippen LogP contribution in [0.1, 0.15) is 11.7 Å². The summed E-state index contributed by atoms with van der Waals surface area (Å²) in [7, 11) is 4.27. The molecule has 1 aromatic carbocycles. The lowest BCUT2D eigenvalue weighted by molar-refractivity contribution is -0.144. The average Bonchev–Trinajstić information content (AvgIpc) is 2.87. The lowest BCUT2D eigenvalue weighted by atomic mass is 10.0. The Labute approximate surface area is 115 Å². The first-order chi connectivity index (χ1) is 9.60. The van der Waals surface area contributed by atoms with E-state index < -0.39 is 24.2 Å². The molecular weight excluding hydrogens is 266 g/mol. The SMILES string of the molecule is COC(=O)[C@H]1NC(=O)O[C@@H]1c1ccc(OC)c(OC)c1. The molecule has 0 aromatic heterocycles. The summed E-state index contributed by atoms with van der Waals surface area (Å²) in [6, 6.07) is 4.14. The monoisotopic (exact) mass is 281 g/mol. The van der Waals surface area contributed by atoms with Crippen molar-refractivity contribution in [3.8, 4) is 11.5 Å². The van der Waals surface area contributed by atoms with Gasteiger partial charge in [-0.1, -0.05) is 6.07 Å². The number of carbonyl (C=O) groups excluding carboxylic acids is 2. The van der Waals surface area contributed by atoms with E-state index in [9.17, 15) is 9.59 Å². The van der Waals surface area contributed by atoms with E-state index in [1.165, 1.54) is 21.3 Å². The van der Waals surface area contributed by atoms with Crippen LogP contribution in [0.4, 0.5) is 4.79 Å². The molecule has 0 bridgehead atoms. The Morgan fingerprint density at radius 3 is 2.50 bits per heavy atom. The number of hydrogen-bond acceptors (Lipinski definition) is 6. The fourth-order valence-corrected chi connectivity index (χ4v) is 2.02. The van der Waals surface area contributed by atoms with E-state index in [0.717, 1.165) is 0 Å². The number of rotatable bonds is 4. The van der Waals surface area contributed by atoms with Crippen molar-refractivity contribution >= 4 is 12.1 Å². The highest BCUT2D eigenvalue weighted by molar-refractivity contribution is 5.85. The van der Waals surface area contributed by atoms with Crippen LogP contribution in [0.25, 0.3) is 0 Å². The molecule has 7 heteroatoms. The summed E-state index contributed by atoms with van der Waals surface area (Å²) in [6.07, 6.45) is -1.44. The summed E-state index contributed by atoms with van der Waals surface area (Å²) < 4.78 is 20.1. The predicted molar refractivity (Wildman–Crippen MR) is 67.7 cm³/mol. The summed E-state index contributed by atoms with van der Waals surface area (Å²) in [5.41, 5.74) is 0.608. The summed E-state index contributed by atoms with van der Waals surface area (Å²) in [5, 5.41) is 2.41. The first-order valence-electron chi connectivity index (χ1n) is 5.87. The van der Waals surface area contributed by atoms with Crippen molar-refractivity contribution in [2.24, 2.45) is 0 Å². The van der Waals surface area contributed by atoms with Crippen molar-refractivity contribution in [3.63, 3.8) is 0 Å². The Morgan fingerprint density at radius 2 is 1.90 bits per heavy atom. The van der Waals surface area contributed by atoms with Crippen LogP contribution < -0.4 is 14.8 Å². The standard InChI is InChI=1S/C13H15NO6/c1-17-8-5-4-7(6-9(8)18-2)11-10(12(15)19-3)14-13(16)20-11/h4-6,10-11H,1-3H3,(H,14,16)/t10-,11+/m0/s1. The first-order valence-corrected chi connectivity index (χ1v) is 5.87.